The summed E-state index contributed by atoms with van der Waals surface area (Å²) in [5.41, 5.74) is 19.1. The smallest absolute Gasteiger partial charge is 0.132 e. The second-order valence-corrected chi connectivity index (χ2v) is 16.4. The van der Waals surface area contributed by atoms with E-state index in [-0.39, 0.29) is 0 Å². The molecule has 296 valence electrons. The van der Waals surface area contributed by atoms with Crippen molar-refractivity contribution in [3.63, 3.8) is 0 Å². The van der Waals surface area contributed by atoms with Crippen molar-refractivity contribution < 1.29 is 4.74 Å². The van der Waals surface area contributed by atoms with E-state index < -0.39 is 5.41 Å². The third-order valence-corrected chi connectivity index (χ3v) is 13.0. The van der Waals surface area contributed by atoms with Gasteiger partial charge in [-0.1, -0.05) is 206 Å². The number of hydrogen-bond donors (Lipinski definition) is 0. The Kier molecular flexibility index (Phi) is 8.76. The van der Waals surface area contributed by atoms with Crippen molar-refractivity contribution in [2.45, 2.75) is 5.41 Å². The largest absolute Gasteiger partial charge is 0.457 e. The zero-order valence-electron chi connectivity index (χ0n) is 34.5. The molecule has 1 aliphatic carbocycles. The van der Waals surface area contributed by atoms with E-state index in [2.05, 4.69) is 254 Å². The summed E-state index contributed by atoms with van der Waals surface area (Å²) < 4.78 is 7.14. The van der Waals surface area contributed by atoms with E-state index in [4.69, 9.17) is 4.74 Å². The molecule has 0 saturated heterocycles. The molecule has 0 saturated carbocycles. The summed E-state index contributed by atoms with van der Waals surface area (Å²) in [6, 6.07) is 90.1. The Morgan fingerprint density at radius 3 is 1.29 bits per heavy atom. The van der Waals surface area contributed by atoms with Gasteiger partial charge in [0.1, 0.15) is 11.5 Å². The number of ether oxygens (including phenoxy) is 1. The van der Waals surface area contributed by atoms with Gasteiger partial charge in [0.05, 0.1) is 11.1 Å². The van der Waals surface area contributed by atoms with Crippen molar-refractivity contribution in [1.82, 2.24) is 0 Å². The minimum Gasteiger partial charge on any atom is -0.457 e. The van der Waals surface area contributed by atoms with E-state index >= 15 is 0 Å². The van der Waals surface area contributed by atoms with Gasteiger partial charge in [-0.15, -0.1) is 0 Å². The van der Waals surface area contributed by atoms with Crippen molar-refractivity contribution in [1.29, 1.82) is 0 Å². The molecule has 0 aromatic heterocycles. The lowest BCUT2D eigenvalue weighted by Crippen LogP contribution is -2.32. The molecule has 0 atom stereocenters. The first-order valence-corrected chi connectivity index (χ1v) is 21.7. The molecular weight excluding hydrogens is 763 g/mol. The minimum absolute atomic E-state index is 0.670. The quantitative estimate of drug-likeness (QED) is 0.159. The Hall–Kier alpha value is -8.20. The number of nitrogens with zero attached hydrogens (tertiary/aromatic N) is 1. The molecule has 12 rings (SSSR count). The zero-order valence-corrected chi connectivity index (χ0v) is 34.5. The van der Waals surface area contributed by atoms with Crippen molar-refractivity contribution in [2.75, 3.05) is 4.90 Å². The van der Waals surface area contributed by atoms with Crippen LogP contribution in [0.5, 0.6) is 11.5 Å². The van der Waals surface area contributed by atoms with Crippen LogP contribution in [0.15, 0.2) is 249 Å². The topological polar surface area (TPSA) is 12.5 Å². The summed E-state index contributed by atoms with van der Waals surface area (Å²) >= 11 is 0. The summed E-state index contributed by atoms with van der Waals surface area (Å²) in [6.45, 7) is 0. The lowest BCUT2D eigenvalue weighted by Gasteiger charge is -2.40. The van der Waals surface area contributed by atoms with Crippen LogP contribution in [-0.2, 0) is 5.41 Å². The van der Waals surface area contributed by atoms with Crippen LogP contribution in [0.3, 0.4) is 0 Å². The van der Waals surface area contributed by atoms with Gasteiger partial charge in [-0.2, -0.15) is 0 Å². The van der Waals surface area contributed by atoms with E-state index in [9.17, 15) is 0 Å². The van der Waals surface area contributed by atoms with Crippen LogP contribution in [-0.4, -0.2) is 0 Å². The normalized spacial score (nSPS) is 12.7. The van der Waals surface area contributed by atoms with Crippen molar-refractivity contribution >= 4 is 17.1 Å². The molecule has 0 amide bonds. The van der Waals surface area contributed by atoms with Crippen LogP contribution in [0.25, 0.3) is 55.6 Å². The molecule has 0 N–H and O–H groups in total. The van der Waals surface area contributed by atoms with Gasteiger partial charge in [-0.3, -0.25) is 0 Å². The van der Waals surface area contributed by atoms with E-state index in [1.54, 1.807) is 0 Å². The predicted molar refractivity (Wildman–Crippen MR) is 260 cm³/mol. The van der Waals surface area contributed by atoms with Crippen LogP contribution < -0.4 is 9.64 Å². The van der Waals surface area contributed by atoms with Crippen LogP contribution in [0.4, 0.5) is 17.1 Å². The van der Waals surface area contributed by atoms with E-state index in [0.29, 0.717) is 0 Å². The van der Waals surface area contributed by atoms with Gasteiger partial charge in [0.15, 0.2) is 0 Å². The fourth-order valence-corrected chi connectivity index (χ4v) is 10.1. The highest BCUT2D eigenvalue weighted by Crippen LogP contribution is 2.63. The summed E-state index contributed by atoms with van der Waals surface area (Å²) in [4.78, 5) is 2.44. The number of anilines is 3. The molecule has 10 aromatic carbocycles. The molecule has 10 aromatic rings. The summed E-state index contributed by atoms with van der Waals surface area (Å²) in [5.74, 6) is 1.73. The molecule has 2 nitrogen and oxygen atoms in total. The van der Waals surface area contributed by atoms with E-state index in [1.165, 1.54) is 38.9 Å². The van der Waals surface area contributed by atoms with Crippen LogP contribution in [0.1, 0.15) is 22.3 Å². The highest BCUT2D eigenvalue weighted by molar-refractivity contribution is 5.94. The molecule has 2 heteroatoms. The Labute approximate surface area is 368 Å². The summed E-state index contributed by atoms with van der Waals surface area (Å²) in [7, 11) is 0. The SMILES string of the molecule is c1ccc(-c2ccc(N(c3ccc4c(c3)C3(c5ccc(-c6ccccc6)cc5Oc5cc(-c6ccccc6)ccc53)c3ccccc3-4)c3ccccc3-c3ccccc3)cc2)cc1. The molecule has 63 heavy (non-hydrogen) atoms. The Balaban J connectivity index is 1.12. The monoisotopic (exact) mass is 803 g/mol. The Bertz CT molecular complexity index is 3200. The average Bonchev–Trinajstić information content (AvgIpc) is 3.65. The molecule has 0 unspecified atom stereocenters. The predicted octanol–water partition coefficient (Wildman–Crippen LogP) is 16.3. The van der Waals surface area contributed by atoms with Gasteiger partial charge in [-0.05, 0) is 104 Å². The maximum atomic E-state index is 7.14. The zero-order chi connectivity index (χ0) is 41.7. The van der Waals surface area contributed by atoms with Crippen molar-refractivity contribution in [3.8, 4) is 67.1 Å². The van der Waals surface area contributed by atoms with Crippen LogP contribution in [0, 0.1) is 0 Å². The number of benzene rings is 10. The van der Waals surface area contributed by atoms with Crippen LogP contribution in [0.2, 0.25) is 0 Å². The van der Waals surface area contributed by atoms with Crippen molar-refractivity contribution in [2.24, 2.45) is 0 Å². The third-order valence-electron chi connectivity index (χ3n) is 13.0. The Morgan fingerprint density at radius 2 is 0.698 bits per heavy atom. The molecule has 0 bridgehead atoms. The van der Waals surface area contributed by atoms with Gasteiger partial charge < -0.3 is 9.64 Å². The molecule has 0 fully saturated rings. The van der Waals surface area contributed by atoms with E-state index in [0.717, 1.165) is 67.5 Å². The highest BCUT2D eigenvalue weighted by atomic mass is 16.5. The van der Waals surface area contributed by atoms with Gasteiger partial charge in [-0.25, -0.2) is 0 Å². The van der Waals surface area contributed by atoms with Crippen LogP contribution >= 0.6 is 0 Å². The molecule has 2 aliphatic rings. The fraction of sp³-hybridized carbons (Fsp3) is 0.0164. The molecule has 1 heterocycles. The molecule has 1 spiro atoms. The van der Waals surface area contributed by atoms with Gasteiger partial charge in [0, 0.05) is 28.1 Å². The summed E-state index contributed by atoms with van der Waals surface area (Å²) in [5, 5.41) is 0. The second kappa shape index (κ2) is 15.1. The van der Waals surface area contributed by atoms with Gasteiger partial charge in [0.2, 0.25) is 0 Å². The number of para-hydroxylation sites is 1. The lowest BCUT2D eigenvalue weighted by atomic mass is 9.65. The minimum atomic E-state index is -0.670. The standard InChI is InChI=1S/C61H41NO/c1-5-17-42(18-6-1)45-29-33-49(34-30-45)62(58-28-16-14-25-51(58)46-23-11-4-12-24-46)50-35-36-53-52-26-13-15-27-54(52)61(57(53)41-50)55-37-31-47(43-19-7-2-8-20-43)39-59(55)63-60-40-48(32-38-56(60)61)44-21-9-3-10-22-44/h1-41H. The second-order valence-electron chi connectivity index (χ2n) is 16.4. The first kappa shape index (κ1) is 36.6. The molecule has 1 aliphatic heterocycles. The number of fused-ring (bicyclic) bond motifs is 9. The van der Waals surface area contributed by atoms with Gasteiger partial charge in [0.25, 0.3) is 0 Å². The molecular formula is C61H41NO. The average molecular weight is 804 g/mol. The first-order valence-electron chi connectivity index (χ1n) is 21.7. The first-order chi connectivity index (χ1) is 31.2. The molecule has 0 radical (unpaired) electrons. The maximum Gasteiger partial charge on any atom is 0.132 e. The highest BCUT2D eigenvalue weighted by Gasteiger charge is 2.51. The number of rotatable bonds is 7. The Morgan fingerprint density at radius 1 is 0.270 bits per heavy atom. The maximum absolute atomic E-state index is 7.14. The summed E-state index contributed by atoms with van der Waals surface area (Å²) in [6.07, 6.45) is 0. The lowest BCUT2D eigenvalue weighted by molar-refractivity contribution is 0.437. The van der Waals surface area contributed by atoms with E-state index in [1.807, 2.05) is 0 Å². The van der Waals surface area contributed by atoms with Crippen molar-refractivity contribution in [3.05, 3.63) is 271 Å². The number of hydrogen-bond acceptors (Lipinski definition) is 2. The van der Waals surface area contributed by atoms with Gasteiger partial charge >= 0.3 is 0 Å². The third kappa shape index (κ3) is 6.02. The fourth-order valence-electron chi connectivity index (χ4n) is 10.1.